The average molecular weight is 308 g/mol. The van der Waals surface area contributed by atoms with E-state index in [1.54, 1.807) is 0 Å². The zero-order chi connectivity index (χ0) is 16.5. The van der Waals surface area contributed by atoms with E-state index in [1.165, 1.54) is 0 Å². The number of urea groups is 1. The third-order valence-electron chi connectivity index (χ3n) is 3.41. The zero-order valence-electron chi connectivity index (χ0n) is 13.9. The second kappa shape index (κ2) is 9.30. The molecule has 0 bridgehead atoms. The van der Waals surface area contributed by atoms with Crippen molar-refractivity contribution >= 4 is 6.03 Å². The number of carbonyl (C=O) groups is 1. The summed E-state index contributed by atoms with van der Waals surface area (Å²) in [6.07, 6.45) is 1.17. The van der Waals surface area contributed by atoms with Crippen LogP contribution in [0.15, 0.2) is 24.3 Å². The van der Waals surface area contributed by atoms with Gasteiger partial charge in [-0.15, -0.1) is 0 Å². The van der Waals surface area contributed by atoms with E-state index >= 15 is 0 Å². The smallest absolute Gasteiger partial charge is 0.315 e. The molecule has 0 aliphatic heterocycles. The van der Waals surface area contributed by atoms with Crippen LogP contribution in [0.3, 0.4) is 0 Å². The average Bonchev–Trinajstić information content (AvgIpc) is 2.50. The predicted molar refractivity (Wildman–Crippen MR) is 88.1 cm³/mol. The molecular formula is C17H28N2O3. The first-order valence-electron chi connectivity index (χ1n) is 7.95. The lowest BCUT2D eigenvalue weighted by Gasteiger charge is -2.17. The Hall–Kier alpha value is -1.75. The molecular weight excluding hydrogens is 280 g/mol. The van der Waals surface area contributed by atoms with Gasteiger partial charge in [0.05, 0.1) is 12.2 Å². The van der Waals surface area contributed by atoms with Gasteiger partial charge in [-0.3, -0.25) is 0 Å². The van der Waals surface area contributed by atoms with Gasteiger partial charge in [-0.2, -0.15) is 0 Å². The van der Waals surface area contributed by atoms with Crippen LogP contribution in [0.2, 0.25) is 0 Å². The topological polar surface area (TPSA) is 70.6 Å². The minimum absolute atomic E-state index is 0.117. The standard InChI is InChI=1S/C17H28N2O3/c1-5-14(6-2)19-17(21)18-11-16(20)13-7-9-15(10-8-13)22-12(3)4/h7-10,12,14,16,20H,5-6,11H2,1-4H3,(H2,18,19,21). The number of aliphatic hydroxyl groups is 1. The highest BCUT2D eigenvalue weighted by Crippen LogP contribution is 2.18. The van der Waals surface area contributed by atoms with Gasteiger partial charge in [0.2, 0.25) is 0 Å². The highest BCUT2D eigenvalue weighted by molar-refractivity contribution is 5.74. The predicted octanol–water partition coefficient (Wildman–Crippen LogP) is 3.00. The summed E-state index contributed by atoms with van der Waals surface area (Å²) in [5.74, 6) is 0.769. The molecule has 0 aliphatic rings. The molecule has 0 spiro atoms. The lowest BCUT2D eigenvalue weighted by atomic mass is 10.1. The molecule has 0 heterocycles. The van der Waals surface area contributed by atoms with Crippen molar-refractivity contribution in [3.05, 3.63) is 29.8 Å². The number of aliphatic hydroxyl groups excluding tert-OH is 1. The Morgan fingerprint density at radius 2 is 1.77 bits per heavy atom. The fraction of sp³-hybridized carbons (Fsp3) is 0.588. The number of hydrogen-bond donors (Lipinski definition) is 3. The lowest BCUT2D eigenvalue weighted by Crippen LogP contribution is -2.42. The van der Waals surface area contributed by atoms with Crippen molar-refractivity contribution in [2.24, 2.45) is 0 Å². The Morgan fingerprint density at radius 3 is 2.27 bits per heavy atom. The molecule has 5 heteroatoms. The monoisotopic (exact) mass is 308 g/mol. The highest BCUT2D eigenvalue weighted by atomic mass is 16.5. The second-order valence-electron chi connectivity index (χ2n) is 5.62. The van der Waals surface area contributed by atoms with Crippen LogP contribution in [-0.2, 0) is 0 Å². The van der Waals surface area contributed by atoms with Crippen molar-refractivity contribution in [1.29, 1.82) is 0 Å². The molecule has 5 nitrogen and oxygen atoms in total. The van der Waals surface area contributed by atoms with Crippen LogP contribution in [0, 0.1) is 0 Å². The zero-order valence-corrected chi connectivity index (χ0v) is 13.9. The normalized spacial score (nSPS) is 12.3. The van der Waals surface area contributed by atoms with E-state index in [4.69, 9.17) is 4.74 Å². The maximum atomic E-state index is 11.7. The molecule has 0 radical (unpaired) electrons. The first-order chi connectivity index (χ1) is 10.5. The molecule has 1 aromatic carbocycles. The van der Waals surface area contributed by atoms with Crippen LogP contribution in [0.25, 0.3) is 0 Å². The van der Waals surface area contributed by atoms with Crippen LogP contribution < -0.4 is 15.4 Å². The quantitative estimate of drug-likeness (QED) is 0.691. The number of amides is 2. The van der Waals surface area contributed by atoms with Crippen LogP contribution in [-0.4, -0.2) is 29.8 Å². The Bertz CT molecular complexity index is 442. The molecule has 3 N–H and O–H groups in total. The fourth-order valence-electron chi connectivity index (χ4n) is 2.08. The Labute approximate surface area is 133 Å². The first-order valence-corrected chi connectivity index (χ1v) is 7.95. The van der Waals surface area contributed by atoms with E-state index in [-0.39, 0.29) is 24.7 Å². The number of rotatable bonds is 8. The molecule has 0 aliphatic carbocycles. The Morgan fingerprint density at radius 1 is 1.18 bits per heavy atom. The molecule has 0 saturated carbocycles. The first kappa shape index (κ1) is 18.3. The Balaban J connectivity index is 2.44. The molecule has 124 valence electrons. The number of benzene rings is 1. The van der Waals surface area contributed by atoms with Crippen molar-refractivity contribution in [2.75, 3.05) is 6.54 Å². The summed E-state index contributed by atoms with van der Waals surface area (Å²) in [5, 5.41) is 15.7. The minimum atomic E-state index is -0.736. The van der Waals surface area contributed by atoms with E-state index in [2.05, 4.69) is 10.6 Å². The summed E-state index contributed by atoms with van der Waals surface area (Å²) in [6.45, 7) is 8.17. The van der Waals surface area contributed by atoms with E-state index < -0.39 is 6.10 Å². The van der Waals surface area contributed by atoms with E-state index in [9.17, 15) is 9.90 Å². The van der Waals surface area contributed by atoms with Crippen molar-refractivity contribution in [3.63, 3.8) is 0 Å². The minimum Gasteiger partial charge on any atom is -0.491 e. The fourth-order valence-corrected chi connectivity index (χ4v) is 2.08. The van der Waals surface area contributed by atoms with Gasteiger partial charge < -0.3 is 20.5 Å². The van der Waals surface area contributed by atoms with Gasteiger partial charge in [0, 0.05) is 12.6 Å². The van der Waals surface area contributed by atoms with Gasteiger partial charge in [0.25, 0.3) is 0 Å². The summed E-state index contributed by atoms with van der Waals surface area (Å²) < 4.78 is 5.55. The van der Waals surface area contributed by atoms with Crippen molar-refractivity contribution in [1.82, 2.24) is 10.6 Å². The lowest BCUT2D eigenvalue weighted by molar-refractivity contribution is 0.172. The third-order valence-corrected chi connectivity index (χ3v) is 3.41. The van der Waals surface area contributed by atoms with Gasteiger partial charge >= 0.3 is 6.03 Å². The number of carbonyl (C=O) groups excluding carboxylic acids is 1. The summed E-state index contributed by atoms with van der Waals surface area (Å²) in [7, 11) is 0. The molecule has 22 heavy (non-hydrogen) atoms. The van der Waals surface area contributed by atoms with E-state index in [0.29, 0.717) is 0 Å². The molecule has 0 saturated heterocycles. The maximum absolute atomic E-state index is 11.7. The van der Waals surface area contributed by atoms with Crippen LogP contribution in [0.1, 0.15) is 52.2 Å². The molecule has 1 unspecified atom stereocenters. The Kier molecular flexibility index (Phi) is 7.74. The summed E-state index contributed by atoms with van der Waals surface area (Å²) in [5.41, 5.74) is 0.749. The second-order valence-corrected chi connectivity index (χ2v) is 5.62. The van der Waals surface area contributed by atoms with Gasteiger partial charge in [-0.05, 0) is 44.4 Å². The van der Waals surface area contributed by atoms with Crippen LogP contribution >= 0.6 is 0 Å². The van der Waals surface area contributed by atoms with E-state index in [0.717, 1.165) is 24.2 Å². The molecule has 0 fully saturated rings. The molecule has 2 amide bonds. The van der Waals surface area contributed by atoms with Gasteiger partial charge in [0.1, 0.15) is 5.75 Å². The number of nitrogens with one attached hydrogen (secondary N) is 2. The summed E-state index contributed by atoms with van der Waals surface area (Å²) in [6, 6.07) is 7.19. The number of hydrogen-bond acceptors (Lipinski definition) is 3. The maximum Gasteiger partial charge on any atom is 0.315 e. The SMILES string of the molecule is CCC(CC)NC(=O)NCC(O)c1ccc(OC(C)C)cc1. The third kappa shape index (κ3) is 6.35. The van der Waals surface area contributed by atoms with Gasteiger partial charge in [0.15, 0.2) is 0 Å². The largest absolute Gasteiger partial charge is 0.491 e. The van der Waals surface area contributed by atoms with Gasteiger partial charge in [-0.25, -0.2) is 4.79 Å². The molecule has 1 rings (SSSR count). The molecule has 1 aromatic rings. The molecule has 0 aromatic heterocycles. The van der Waals surface area contributed by atoms with Crippen molar-refractivity contribution in [2.45, 2.75) is 58.8 Å². The van der Waals surface area contributed by atoms with Crippen LogP contribution in [0.5, 0.6) is 5.75 Å². The van der Waals surface area contributed by atoms with Gasteiger partial charge in [-0.1, -0.05) is 26.0 Å². The van der Waals surface area contributed by atoms with Crippen molar-refractivity contribution in [3.8, 4) is 5.75 Å². The highest BCUT2D eigenvalue weighted by Gasteiger charge is 2.12. The molecule has 1 atom stereocenters. The number of ether oxygens (including phenoxy) is 1. The summed E-state index contributed by atoms with van der Waals surface area (Å²) in [4.78, 5) is 11.7. The van der Waals surface area contributed by atoms with Crippen LogP contribution in [0.4, 0.5) is 4.79 Å². The summed E-state index contributed by atoms with van der Waals surface area (Å²) >= 11 is 0. The van der Waals surface area contributed by atoms with E-state index in [1.807, 2.05) is 52.0 Å². The van der Waals surface area contributed by atoms with Crippen molar-refractivity contribution < 1.29 is 14.6 Å².